The zero-order chi connectivity index (χ0) is 19.0. The van der Waals surface area contributed by atoms with Crippen LogP contribution in [0.15, 0.2) is 21.6 Å². The van der Waals surface area contributed by atoms with E-state index < -0.39 is 11.9 Å². The second-order valence-electron chi connectivity index (χ2n) is 5.48. The molecular weight excluding hydrogens is 403 g/mol. The minimum absolute atomic E-state index is 0.00307. The number of anilines is 3. The van der Waals surface area contributed by atoms with Crippen LogP contribution in [0.3, 0.4) is 0 Å². The van der Waals surface area contributed by atoms with Crippen molar-refractivity contribution in [3.8, 4) is 12.3 Å². The molecule has 130 valence electrons. The number of pyridine rings is 1. The fourth-order valence-electron chi connectivity index (χ4n) is 2.70. The molecule has 3 rings (SSSR count). The number of nitrogens with one attached hydrogen (secondary N) is 2. The summed E-state index contributed by atoms with van der Waals surface area (Å²) in [5, 5.41) is 23.3. The summed E-state index contributed by atoms with van der Waals surface area (Å²) in [6.45, 7) is 1.62. The van der Waals surface area contributed by atoms with Gasteiger partial charge in [-0.1, -0.05) is 22.0 Å². The summed E-state index contributed by atoms with van der Waals surface area (Å²) in [5.41, 5.74) is 12.9. The largest absolute Gasteiger partial charge is 0.397 e. The second kappa shape index (κ2) is 6.50. The van der Waals surface area contributed by atoms with E-state index in [1.807, 2.05) is 6.07 Å². The van der Waals surface area contributed by atoms with Gasteiger partial charge in [-0.25, -0.2) is 14.4 Å². The van der Waals surface area contributed by atoms with Crippen molar-refractivity contribution in [1.82, 2.24) is 10.3 Å². The third kappa shape index (κ3) is 2.66. The highest BCUT2D eigenvalue weighted by molar-refractivity contribution is 9.10. The lowest BCUT2D eigenvalue weighted by Crippen LogP contribution is -2.33. The first-order valence-corrected chi connectivity index (χ1v) is 8.11. The van der Waals surface area contributed by atoms with E-state index in [0.29, 0.717) is 15.6 Å². The summed E-state index contributed by atoms with van der Waals surface area (Å²) in [4.78, 5) is 8.45. The Morgan fingerprint density at radius 2 is 2.08 bits per heavy atom. The van der Waals surface area contributed by atoms with Crippen molar-refractivity contribution in [3.63, 3.8) is 0 Å². The first-order chi connectivity index (χ1) is 12.4. The van der Waals surface area contributed by atoms with E-state index >= 15 is 0 Å². The molecular formula is C16H12BrFN8. The molecule has 26 heavy (non-hydrogen) atoms. The van der Waals surface area contributed by atoms with Gasteiger partial charge in [0.1, 0.15) is 35.1 Å². The molecule has 2 heterocycles. The third-order valence-electron chi connectivity index (χ3n) is 4.00. The van der Waals surface area contributed by atoms with E-state index in [-0.39, 0.29) is 34.4 Å². The van der Waals surface area contributed by atoms with E-state index in [4.69, 9.17) is 16.7 Å². The number of nitrogens with two attached hydrogens (primary N) is 2. The number of nitrogen functional groups attached to an aromatic ring is 2. The number of guanidine groups is 1. The van der Waals surface area contributed by atoms with Gasteiger partial charge in [0.15, 0.2) is 6.19 Å². The molecule has 0 aliphatic carbocycles. The SMILES string of the molecule is Cc1c(Br)ccc(C2N=C(NC#N)Nc3nc(N)c(C#N)c(N)c32)c1F. The quantitative estimate of drug-likeness (QED) is 0.412. The van der Waals surface area contributed by atoms with Crippen LogP contribution >= 0.6 is 15.9 Å². The fraction of sp³-hybridized carbons (Fsp3) is 0.125. The molecule has 8 nitrogen and oxygen atoms in total. The number of fused-ring (bicyclic) bond motifs is 1. The third-order valence-corrected chi connectivity index (χ3v) is 4.86. The van der Waals surface area contributed by atoms with Crippen molar-refractivity contribution in [2.45, 2.75) is 13.0 Å². The average Bonchev–Trinajstić information content (AvgIpc) is 2.59. The van der Waals surface area contributed by atoms with Gasteiger partial charge in [0.05, 0.1) is 5.69 Å². The lowest BCUT2D eigenvalue weighted by molar-refractivity contribution is 0.589. The van der Waals surface area contributed by atoms with E-state index in [1.165, 1.54) is 0 Å². The molecule has 10 heteroatoms. The van der Waals surface area contributed by atoms with E-state index in [1.54, 1.807) is 25.2 Å². The van der Waals surface area contributed by atoms with Crippen molar-refractivity contribution in [1.29, 1.82) is 10.5 Å². The maximum atomic E-state index is 14.9. The highest BCUT2D eigenvalue weighted by atomic mass is 79.9. The van der Waals surface area contributed by atoms with Gasteiger partial charge in [-0.2, -0.15) is 10.5 Å². The Hall–Kier alpha value is -3.37. The van der Waals surface area contributed by atoms with Gasteiger partial charge in [-0.15, -0.1) is 0 Å². The zero-order valence-corrected chi connectivity index (χ0v) is 15.0. The number of hydrogen-bond donors (Lipinski definition) is 4. The summed E-state index contributed by atoms with van der Waals surface area (Å²) < 4.78 is 15.5. The molecule has 1 unspecified atom stereocenters. The Balaban J connectivity index is 2.31. The van der Waals surface area contributed by atoms with Gasteiger partial charge in [-0.05, 0) is 18.6 Å². The lowest BCUT2D eigenvalue weighted by atomic mass is 9.93. The van der Waals surface area contributed by atoms with Gasteiger partial charge in [0, 0.05) is 15.6 Å². The van der Waals surface area contributed by atoms with Crippen LogP contribution < -0.4 is 22.1 Å². The van der Waals surface area contributed by atoms with Crippen LogP contribution in [0.4, 0.5) is 21.7 Å². The van der Waals surface area contributed by atoms with Crippen molar-refractivity contribution in [3.05, 3.63) is 44.7 Å². The lowest BCUT2D eigenvalue weighted by Gasteiger charge is -2.26. The number of halogens is 2. The van der Waals surface area contributed by atoms with Crippen LogP contribution in [0.1, 0.15) is 28.3 Å². The van der Waals surface area contributed by atoms with Gasteiger partial charge in [0.2, 0.25) is 5.96 Å². The van der Waals surface area contributed by atoms with E-state index in [0.717, 1.165) is 0 Å². The van der Waals surface area contributed by atoms with Crippen LogP contribution in [0.5, 0.6) is 0 Å². The number of hydrogen-bond acceptors (Lipinski definition) is 8. The Morgan fingerprint density at radius 1 is 1.35 bits per heavy atom. The van der Waals surface area contributed by atoms with Crippen LogP contribution in [-0.2, 0) is 0 Å². The molecule has 0 saturated carbocycles. The summed E-state index contributed by atoms with van der Waals surface area (Å²) in [7, 11) is 0. The number of aromatic nitrogens is 1. The number of benzene rings is 1. The molecule has 2 aromatic rings. The first kappa shape index (κ1) is 17.5. The monoisotopic (exact) mass is 414 g/mol. The normalized spacial score (nSPS) is 15.1. The fourth-order valence-corrected chi connectivity index (χ4v) is 3.01. The Kier molecular flexibility index (Phi) is 4.36. The molecule has 6 N–H and O–H groups in total. The van der Waals surface area contributed by atoms with Gasteiger partial charge in [-0.3, -0.25) is 5.32 Å². The minimum Gasteiger partial charge on any atom is -0.397 e. The summed E-state index contributed by atoms with van der Waals surface area (Å²) in [6.07, 6.45) is 1.74. The van der Waals surface area contributed by atoms with Crippen LogP contribution in [0.2, 0.25) is 0 Å². The Labute approximate surface area is 156 Å². The predicted molar refractivity (Wildman–Crippen MR) is 98.3 cm³/mol. The van der Waals surface area contributed by atoms with Crippen LogP contribution in [0, 0.1) is 35.5 Å². The maximum Gasteiger partial charge on any atom is 0.211 e. The van der Waals surface area contributed by atoms with Crippen molar-refractivity contribution in [2.24, 2.45) is 4.99 Å². The molecule has 1 atom stereocenters. The van der Waals surface area contributed by atoms with Gasteiger partial charge in [0.25, 0.3) is 0 Å². The Bertz CT molecular complexity index is 1030. The summed E-state index contributed by atoms with van der Waals surface area (Å²) in [6, 6.07) is 4.24. The second-order valence-corrected chi connectivity index (χ2v) is 6.33. The highest BCUT2D eigenvalue weighted by Gasteiger charge is 2.31. The number of rotatable bonds is 1. The zero-order valence-electron chi connectivity index (χ0n) is 13.4. The molecule has 0 spiro atoms. The number of nitrogens with zero attached hydrogens (tertiary/aromatic N) is 4. The Morgan fingerprint density at radius 3 is 2.73 bits per heavy atom. The predicted octanol–water partition coefficient (Wildman–Crippen LogP) is 2.27. The maximum absolute atomic E-state index is 14.9. The smallest absolute Gasteiger partial charge is 0.211 e. The standard InChI is InChI=1S/C16H12BrFN8/c1-6-9(17)3-2-7(11(6)18)13-10-12(21)8(4-19)14(22)25-15(10)26-16(24-13)23-5-20/h2-3,13H,1H3,(H6,21,22,23,24,25,26). The highest BCUT2D eigenvalue weighted by Crippen LogP contribution is 2.42. The van der Waals surface area contributed by atoms with Gasteiger partial charge < -0.3 is 16.8 Å². The topological polar surface area (TPSA) is 149 Å². The molecule has 0 fully saturated rings. The minimum atomic E-state index is -0.908. The van der Waals surface area contributed by atoms with Crippen LogP contribution in [0.25, 0.3) is 0 Å². The molecule has 0 radical (unpaired) electrons. The molecule has 1 aliphatic rings. The summed E-state index contributed by atoms with van der Waals surface area (Å²) in [5.74, 6) is -0.273. The first-order valence-electron chi connectivity index (χ1n) is 7.32. The molecule has 1 aromatic heterocycles. The average molecular weight is 415 g/mol. The van der Waals surface area contributed by atoms with Crippen molar-refractivity contribution in [2.75, 3.05) is 16.8 Å². The number of aliphatic imine (C=N–C) groups is 1. The molecule has 1 aromatic carbocycles. The van der Waals surface area contributed by atoms with Gasteiger partial charge >= 0.3 is 0 Å². The summed E-state index contributed by atoms with van der Waals surface area (Å²) >= 11 is 3.28. The molecule has 0 amide bonds. The number of nitriles is 2. The van der Waals surface area contributed by atoms with Crippen LogP contribution in [-0.4, -0.2) is 10.9 Å². The van der Waals surface area contributed by atoms with E-state index in [9.17, 15) is 9.65 Å². The molecule has 0 saturated heterocycles. The van der Waals surface area contributed by atoms with E-state index in [2.05, 4.69) is 36.5 Å². The van der Waals surface area contributed by atoms with Crippen molar-refractivity contribution >= 4 is 39.2 Å². The van der Waals surface area contributed by atoms with Crippen molar-refractivity contribution < 1.29 is 4.39 Å². The molecule has 1 aliphatic heterocycles. The molecule has 0 bridgehead atoms.